The van der Waals surface area contributed by atoms with Gasteiger partial charge in [-0.15, -0.1) is 0 Å². The molecule has 2 rings (SSSR count). The van der Waals surface area contributed by atoms with E-state index in [9.17, 15) is 18.3 Å². The molecule has 0 aliphatic heterocycles. The number of hydrogen-bond donors (Lipinski definition) is 1. The second-order valence-electron chi connectivity index (χ2n) is 7.08. The first-order valence-electron chi connectivity index (χ1n) is 8.58. The molecule has 0 aromatic heterocycles. The number of sulfonamides is 1. The van der Waals surface area contributed by atoms with Crippen molar-refractivity contribution in [1.29, 1.82) is 0 Å². The van der Waals surface area contributed by atoms with E-state index < -0.39 is 21.6 Å². The number of rotatable bonds is 8. The molecule has 0 saturated carbocycles. The Labute approximate surface area is 188 Å². The summed E-state index contributed by atoms with van der Waals surface area (Å²) >= 11 is 0. The molecule has 146 valence electrons. The molecule has 28 heavy (non-hydrogen) atoms. The molecule has 0 unspecified atom stereocenters. The molecule has 6 nitrogen and oxygen atoms in total. The minimum atomic E-state index is -3.58. The van der Waals surface area contributed by atoms with Gasteiger partial charge in [-0.3, -0.25) is 0 Å². The van der Waals surface area contributed by atoms with E-state index in [1.807, 2.05) is 6.92 Å². The van der Waals surface area contributed by atoms with Crippen LogP contribution in [0.1, 0.15) is 31.9 Å². The molecule has 0 saturated heterocycles. The number of nitrogens with one attached hydrogen (secondary N) is 1. The molecule has 2 aromatic rings. The van der Waals surface area contributed by atoms with Crippen LogP contribution in [0, 0.1) is 6.92 Å². The monoisotopic (exact) mass is 413 g/mol. The standard InChI is InChI=1S/C20H25NO5S.Na/c1-14-5-11-18(12-6-14)27(24,25)21-15(2)13-16-7-9-17(10-8-16)26-20(3,4)19(22)23;/h5-12,15,21H,13H2,1-4H3,(H,22,23);/q;+1/p-1/t15-;/m1./s1. The van der Waals surface area contributed by atoms with E-state index in [4.69, 9.17) is 4.74 Å². The first kappa shape index (κ1) is 24.7. The van der Waals surface area contributed by atoms with Gasteiger partial charge in [-0.25, -0.2) is 13.1 Å². The van der Waals surface area contributed by atoms with E-state index >= 15 is 0 Å². The van der Waals surface area contributed by atoms with Crippen LogP contribution in [0.25, 0.3) is 0 Å². The molecular formula is C20H24NNaO5S. The summed E-state index contributed by atoms with van der Waals surface area (Å²) in [6.07, 6.45) is 0.481. The van der Waals surface area contributed by atoms with E-state index in [-0.39, 0.29) is 40.5 Å². The predicted octanol–water partition coefficient (Wildman–Crippen LogP) is -1.18. The molecule has 0 aliphatic carbocycles. The Kier molecular flexibility index (Phi) is 8.71. The SMILES string of the molecule is Cc1ccc(S(=O)(=O)N[C@H](C)Cc2ccc(OC(C)(C)C(=O)[O-])cc2)cc1.[Na+]. The number of aryl methyl sites for hydroxylation is 1. The van der Waals surface area contributed by atoms with Crippen LogP contribution in [0.2, 0.25) is 0 Å². The van der Waals surface area contributed by atoms with Crippen LogP contribution in [0.3, 0.4) is 0 Å². The van der Waals surface area contributed by atoms with Crippen molar-refractivity contribution < 1.29 is 52.6 Å². The Morgan fingerprint density at radius 1 is 1.11 bits per heavy atom. The molecule has 0 aliphatic rings. The van der Waals surface area contributed by atoms with Gasteiger partial charge in [0.1, 0.15) is 11.4 Å². The van der Waals surface area contributed by atoms with Crippen molar-refractivity contribution in [3.8, 4) is 5.75 Å². The number of carbonyl (C=O) groups is 1. The minimum Gasteiger partial charge on any atom is -0.546 e. The van der Waals surface area contributed by atoms with Crippen LogP contribution in [0.15, 0.2) is 53.4 Å². The van der Waals surface area contributed by atoms with Gasteiger partial charge < -0.3 is 14.6 Å². The van der Waals surface area contributed by atoms with Gasteiger partial charge in [0.15, 0.2) is 0 Å². The molecule has 1 N–H and O–H groups in total. The first-order valence-corrected chi connectivity index (χ1v) is 10.1. The zero-order valence-electron chi connectivity index (χ0n) is 16.9. The van der Waals surface area contributed by atoms with Gasteiger partial charge in [-0.2, -0.15) is 0 Å². The minimum absolute atomic E-state index is 0. The summed E-state index contributed by atoms with van der Waals surface area (Å²) in [5, 5.41) is 11.0. The van der Waals surface area contributed by atoms with Crippen molar-refractivity contribution in [3.63, 3.8) is 0 Å². The fourth-order valence-corrected chi connectivity index (χ4v) is 3.72. The summed E-state index contributed by atoms with van der Waals surface area (Å²) in [4.78, 5) is 11.2. The van der Waals surface area contributed by atoms with Crippen molar-refractivity contribution in [3.05, 3.63) is 59.7 Å². The van der Waals surface area contributed by atoms with Gasteiger partial charge in [0.25, 0.3) is 0 Å². The van der Waals surface area contributed by atoms with Crippen LogP contribution >= 0.6 is 0 Å². The molecular weight excluding hydrogens is 389 g/mol. The number of carbonyl (C=O) groups excluding carboxylic acids is 1. The van der Waals surface area contributed by atoms with Crippen LogP contribution < -0.4 is 44.1 Å². The maximum absolute atomic E-state index is 12.4. The summed E-state index contributed by atoms with van der Waals surface area (Å²) in [7, 11) is -3.58. The number of carboxylic acids is 1. The predicted molar refractivity (Wildman–Crippen MR) is 101 cm³/mol. The van der Waals surface area contributed by atoms with Gasteiger partial charge >= 0.3 is 29.6 Å². The molecule has 0 fully saturated rings. The van der Waals surface area contributed by atoms with E-state index in [0.717, 1.165) is 11.1 Å². The Morgan fingerprint density at radius 3 is 2.14 bits per heavy atom. The Hall–Kier alpha value is -1.38. The molecule has 0 amide bonds. The summed E-state index contributed by atoms with van der Waals surface area (Å²) in [6, 6.07) is 13.2. The Bertz CT molecular complexity index is 893. The molecule has 0 radical (unpaired) electrons. The molecule has 1 atom stereocenters. The van der Waals surface area contributed by atoms with Gasteiger partial charge in [0.05, 0.1) is 10.9 Å². The zero-order chi connectivity index (χ0) is 20.2. The van der Waals surface area contributed by atoms with Gasteiger partial charge in [0, 0.05) is 6.04 Å². The third kappa shape index (κ3) is 6.90. The van der Waals surface area contributed by atoms with Crippen molar-refractivity contribution in [2.45, 2.75) is 50.7 Å². The van der Waals surface area contributed by atoms with Gasteiger partial charge in [-0.05, 0) is 63.9 Å². The third-order valence-electron chi connectivity index (χ3n) is 4.02. The summed E-state index contributed by atoms with van der Waals surface area (Å²) in [6.45, 7) is 6.51. The van der Waals surface area contributed by atoms with Crippen LogP contribution in [-0.4, -0.2) is 26.0 Å². The maximum Gasteiger partial charge on any atom is 1.00 e. The van der Waals surface area contributed by atoms with Crippen LogP contribution in [-0.2, 0) is 21.2 Å². The largest absolute Gasteiger partial charge is 1.00 e. The van der Waals surface area contributed by atoms with Crippen LogP contribution in [0.5, 0.6) is 5.75 Å². The average molecular weight is 413 g/mol. The zero-order valence-corrected chi connectivity index (χ0v) is 19.7. The van der Waals surface area contributed by atoms with E-state index in [2.05, 4.69) is 4.72 Å². The number of carboxylic acid groups (broad SMARTS) is 1. The smallest absolute Gasteiger partial charge is 0.546 e. The van der Waals surface area contributed by atoms with E-state index in [1.54, 1.807) is 55.5 Å². The van der Waals surface area contributed by atoms with Crippen LogP contribution in [0.4, 0.5) is 0 Å². The number of aliphatic carboxylic acids is 1. The quantitative estimate of drug-likeness (QED) is 0.550. The van der Waals surface area contributed by atoms with Crippen molar-refractivity contribution in [2.75, 3.05) is 0 Å². The molecule has 2 aromatic carbocycles. The molecule has 0 spiro atoms. The number of hydrogen-bond acceptors (Lipinski definition) is 5. The summed E-state index contributed by atoms with van der Waals surface area (Å²) in [5.74, 6) is -0.897. The molecule has 8 heteroatoms. The van der Waals surface area contributed by atoms with Gasteiger partial charge in [-0.1, -0.05) is 29.8 Å². The van der Waals surface area contributed by atoms with Crippen molar-refractivity contribution >= 4 is 16.0 Å². The maximum atomic E-state index is 12.4. The van der Waals surface area contributed by atoms with E-state index in [0.29, 0.717) is 12.2 Å². The van der Waals surface area contributed by atoms with Crippen molar-refractivity contribution in [2.24, 2.45) is 0 Å². The summed E-state index contributed by atoms with van der Waals surface area (Å²) < 4.78 is 32.9. The Balaban J connectivity index is 0.00000392. The Morgan fingerprint density at radius 2 is 1.64 bits per heavy atom. The van der Waals surface area contributed by atoms with E-state index in [1.165, 1.54) is 13.8 Å². The molecule has 0 heterocycles. The fraction of sp³-hybridized carbons (Fsp3) is 0.350. The molecule has 0 bridgehead atoms. The van der Waals surface area contributed by atoms with Gasteiger partial charge in [0.2, 0.25) is 10.0 Å². The second kappa shape index (κ2) is 9.89. The number of benzene rings is 2. The fourth-order valence-electron chi connectivity index (χ4n) is 2.48. The second-order valence-corrected chi connectivity index (χ2v) is 8.80. The number of ether oxygens (including phenoxy) is 1. The summed E-state index contributed by atoms with van der Waals surface area (Å²) in [5.41, 5.74) is 0.456. The topological polar surface area (TPSA) is 95.5 Å². The van der Waals surface area contributed by atoms with Crippen molar-refractivity contribution in [1.82, 2.24) is 4.72 Å². The first-order chi connectivity index (χ1) is 12.5. The third-order valence-corrected chi connectivity index (χ3v) is 5.62. The average Bonchev–Trinajstić information content (AvgIpc) is 2.56. The normalized spacial score (nSPS) is 12.7.